The highest BCUT2D eigenvalue weighted by Crippen LogP contribution is 2.39. The fourth-order valence-corrected chi connectivity index (χ4v) is 5.20. The van der Waals surface area contributed by atoms with Gasteiger partial charge in [-0.25, -0.2) is 4.99 Å². The summed E-state index contributed by atoms with van der Waals surface area (Å²) in [6.07, 6.45) is 2.74. The highest BCUT2D eigenvalue weighted by Gasteiger charge is 2.24. The van der Waals surface area contributed by atoms with Gasteiger partial charge in [0.2, 0.25) is 0 Å². The quantitative estimate of drug-likeness (QED) is 0.252. The van der Waals surface area contributed by atoms with E-state index in [9.17, 15) is 4.79 Å². The van der Waals surface area contributed by atoms with Crippen LogP contribution < -0.4 is 14.8 Å². The second-order valence-corrected chi connectivity index (χ2v) is 9.90. The number of amides is 1. The summed E-state index contributed by atoms with van der Waals surface area (Å²) >= 11 is 7.90. The predicted octanol–water partition coefficient (Wildman–Crippen LogP) is 7.53. The molecule has 7 heteroatoms. The summed E-state index contributed by atoms with van der Waals surface area (Å²) < 4.78 is 11.7. The van der Waals surface area contributed by atoms with Crippen LogP contribution in [0.15, 0.2) is 88.8 Å². The topological polar surface area (TPSA) is 59.9 Å². The van der Waals surface area contributed by atoms with E-state index in [1.165, 1.54) is 17.3 Å². The lowest BCUT2D eigenvalue weighted by Gasteiger charge is -2.14. The van der Waals surface area contributed by atoms with E-state index in [-0.39, 0.29) is 5.91 Å². The maximum absolute atomic E-state index is 12.6. The first-order valence-electron chi connectivity index (χ1n) is 11.9. The van der Waals surface area contributed by atoms with Gasteiger partial charge in [-0.3, -0.25) is 4.79 Å². The van der Waals surface area contributed by atoms with Crippen molar-refractivity contribution in [1.29, 1.82) is 0 Å². The third-order valence-electron chi connectivity index (χ3n) is 6.03. The van der Waals surface area contributed by atoms with E-state index >= 15 is 0 Å². The molecule has 0 bridgehead atoms. The molecule has 0 atom stereocenters. The first-order valence-corrected chi connectivity index (χ1v) is 13.1. The molecule has 0 aliphatic carbocycles. The zero-order valence-electron chi connectivity index (χ0n) is 20.5. The Labute approximate surface area is 225 Å². The standard InChI is InChI=1S/C30H25ClN2O3S/c1-3-19-11-13-23(14-12-19)32-30-33-29(34)27(37-30)17-20-15-25(31)28(26(16-20)35-2)36-18-22-9-6-8-21-7-4-5-10-24(21)22/h4-17H,3,18H2,1-2H3,(H,32,33,34)/b27-17-. The van der Waals surface area contributed by atoms with Crippen molar-refractivity contribution in [2.45, 2.75) is 20.0 Å². The van der Waals surface area contributed by atoms with Crippen molar-refractivity contribution in [3.63, 3.8) is 0 Å². The summed E-state index contributed by atoms with van der Waals surface area (Å²) in [7, 11) is 1.57. The minimum Gasteiger partial charge on any atom is -0.493 e. The van der Waals surface area contributed by atoms with E-state index in [2.05, 4.69) is 35.4 Å². The Kier molecular flexibility index (Phi) is 7.49. The number of nitrogens with zero attached hydrogens (tertiary/aromatic N) is 1. The van der Waals surface area contributed by atoms with Crippen LogP contribution in [0.2, 0.25) is 5.02 Å². The summed E-state index contributed by atoms with van der Waals surface area (Å²) in [5, 5.41) is 6.04. The van der Waals surface area contributed by atoms with Gasteiger partial charge in [0.25, 0.3) is 5.91 Å². The average molecular weight is 529 g/mol. The summed E-state index contributed by atoms with van der Waals surface area (Å²) in [5.74, 6) is 0.744. The number of carbonyl (C=O) groups excluding carboxylic acids is 1. The van der Waals surface area contributed by atoms with E-state index < -0.39 is 0 Å². The van der Waals surface area contributed by atoms with Crippen molar-refractivity contribution in [2.75, 3.05) is 7.11 Å². The van der Waals surface area contributed by atoms with Gasteiger partial charge >= 0.3 is 0 Å². The van der Waals surface area contributed by atoms with Gasteiger partial charge in [0.05, 0.1) is 22.7 Å². The van der Waals surface area contributed by atoms with Gasteiger partial charge in [-0.1, -0.05) is 73.1 Å². The van der Waals surface area contributed by atoms with Gasteiger partial charge in [-0.05, 0) is 76.0 Å². The number of amidine groups is 1. The largest absolute Gasteiger partial charge is 0.493 e. The van der Waals surface area contributed by atoms with E-state index in [0.29, 0.717) is 33.2 Å². The normalized spacial score (nSPS) is 15.4. The number of fused-ring (bicyclic) bond motifs is 1. The molecule has 1 aliphatic rings. The molecule has 0 radical (unpaired) electrons. The number of aliphatic imine (C=N–C) groups is 1. The molecule has 1 amide bonds. The number of thioether (sulfide) groups is 1. The van der Waals surface area contributed by atoms with E-state index in [1.807, 2.05) is 54.6 Å². The van der Waals surface area contributed by atoms with Gasteiger partial charge in [-0.2, -0.15) is 0 Å². The number of hydrogen-bond acceptors (Lipinski definition) is 5. The number of ether oxygens (including phenoxy) is 2. The molecule has 5 rings (SSSR count). The molecule has 0 unspecified atom stereocenters. The van der Waals surface area contributed by atoms with E-state index in [0.717, 1.165) is 34.0 Å². The second-order valence-electron chi connectivity index (χ2n) is 8.46. The maximum Gasteiger partial charge on any atom is 0.264 e. The lowest BCUT2D eigenvalue weighted by molar-refractivity contribution is -0.115. The number of nitrogens with one attached hydrogen (secondary N) is 1. The Bertz CT molecular complexity index is 1520. The van der Waals surface area contributed by atoms with Crippen LogP contribution in [-0.2, 0) is 17.8 Å². The lowest BCUT2D eigenvalue weighted by Crippen LogP contribution is -2.19. The van der Waals surface area contributed by atoms with Crippen molar-refractivity contribution >= 4 is 57.0 Å². The van der Waals surface area contributed by atoms with Crippen LogP contribution in [0.5, 0.6) is 11.5 Å². The average Bonchev–Trinajstić information content (AvgIpc) is 3.26. The van der Waals surface area contributed by atoms with Crippen LogP contribution >= 0.6 is 23.4 Å². The number of benzene rings is 4. The minimum atomic E-state index is -0.208. The van der Waals surface area contributed by atoms with Crippen molar-refractivity contribution in [2.24, 2.45) is 4.99 Å². The smallest absolute Gasteiger partial charge is 0.264 e. The van der Waals surface area contributed by atoms with Crippen molar-refractivity contribution in [3.05, 3.63) is 105 Å². The molecule has 1 fully saturated rings. The van der Waals surface area contributed by atoms with E-state index in [1.54, 1.807) is 19.3 Å². The number of rotatable bonds is 7. The van der Waals surface area contributed by atoms with Crippen LogP contribution in [-0.4, -0.2) is 18.2 Å². The Morgan fingerprint density at radius 3 is 2.59 bits per heavy atom. The van der Waals surface area contributed by atoms with Gasteiger partial charge in [-0.15, -0.1) is 0 Å². The number of aryl methyl sites for hydroxylation is 1. The highest BCUT2D eigenvalue weighted by atomic mass is 35.5. The number of halogens is 1. The highest BCUT2D eigenvalue weighted by molar-refractivity contribution is 8.18. The maximum atomic E-state index is 12.6. The number of carbonyl (C=O) groups is 1. The molecule has 186 valence electrons. The van der Waals surface area contributed by atoms with Gasteiger partial charge in [0, 0.05) is 0 Å². The Morgan fingerprint density at radius 2 is 1.81 bits per heavy atom. The van der Waals surface area contributed by atoms with Crippen LogP contribution in [0.1, 0.15) is 23.6 Å². The fraction of sp³-hybridized carbons (Fsp3) is 0.133. The molecule has 1 saturated heterocycles. The van der Waals surface area contributed by atoms with Crippen LogP contribution in [0.3, 0.4) is 0 Å². The van der Waals surface area contributed by atoms with E-state index in [4.69, 9.17) is 21.1 Å². The molecule has 0 aromatic heterocycles. The van der Waals surface area contributed by atoms with Crippen LogP contribution in [0.4, 0.5) is 5.69 Å². The third kappa shape index (κ3) is 5.66. The minimum absolute atomic E-state index is 0.208. The molecular formula is C30H25ClN2O3S. The van der Waals surface area contributed by atoms with Crippen molar-refractivity contribution < 1.29 is 14.3 Å². The molecule has 5 nitrogen and oxygen atoms in total. The summed E-state index contributed by atoms with van der Waals surface area (Å²) in [6.45, 7) is 2.45. The zero-order chi connectivity index (χ0) is 25.8. The first kappa shape index (κ1) is 24.9. The third-order valence-corrected chi connectivity index (χ3v) is 7.22. The molecule has 37 heavy (non-hydrogen) atoms. The number of methoxy groups -OCH3 is 1. The summed E-state index contributed by atoms with van der Waals surface area (Å²) in [6, 6.07) is 25.8. The number of hydrogen-bond donors (Lipinski definition) is 1. The predicted molar refractivity (Wildman–Crippen MR) is 153 cm³/mol. The molecular weight excluding hydrogens is 504 g/mol. The summed E-state index contributed by atoms with van der Waals surface area (Å²) in [4.78, 5) is 17.7. The first-order chi connectivity index (χ1) is 18.0. The van der Waals surface area contributed by atoms with Crippen molar-refractivity contribution in [3.8, 4) is 11.5 Å². The SMILES string of the molecule is CCc1ccc(N=C2NC(=O)/C(=C/c3cc(Cl)c(OCc4cccc5ccccc45)c(OC)c3)S2)cc1. The van der Waals surface area contributed by atoms with Gasteiger partial charge < -0.3 is 14.8 Å². The van der Waals surface area contributed by atoms with Crippen LogP contribution in [0, 0.1) is 0 Å². The molecule has 1 aliphatic heterocycles. The monoisotopic (exact) mass is 528 g/mol. The summed E-state index contributed by atoms with van der Waals surface area (Å²) in [5.41, 5.74) is 3.81. The zero-order valence-corrected chi connectivity index (χ0v) is 22.0. The molecule has 1 heterocycles. The molecule has 1 N–H and O–H groups in total. The van der Waals surface area contributed by atoms with Gasteiger partial charge in [0.1, 0.15) is 6.61 Å². The van der Waals surface area contributed by atoms with Crippen LogP contribution in [0.25, 0.3) is 16.8 Å². The molecule has 0 spiro atoms. The Morgan fingerprint density at radius 1 is 1.03 bits per heavy atom. The molecule has 4 aromatic rings. The lowest BCUT2D eigenvalue weighted by atomic mass is 10.1. The molecule has 0 saturated carbocycles. The fourth-order valence-electron chi connectivity index (χ4n) is 4.09. The Balaban J connectivity index is 1.35. The second kappa shape index (κ2) is 11.1. The van der Waals surface area contributed by atoms with Crippen molar-refractivity contribution in [1.82, 2.24) is 5.32 Å². The van der Waals surface area contributed by atoms with Gasteiger partial charge in [0.15, 0.2) is 16.7 Å². The molecule has 4 aromatic carbocycles. The Hall–Kier alpha value is -3.74.